The van der Waals surface area contributed by atoms with Gasteiger partial charge in [-0.15, -0.1) is 0 Å². The third kappa shape index (κ3) is 47.4. The number of carbonyl (C=O) groups is 2. The standard InChI is InChI=1S/C55H103NO5/c1-3-5-7-9-11-13-15-17-19-21-22-23-24-26-28-31-35-39-43-47-53(58)52(51-57)56-54(59)48-44-40-36-32-30-34-38-42-46-50-61-55(60)49-45-41-37-33-29-27-25-20-18-16-14-12-10-8-6-4-2/h20,25,32,36,43,47,52-53,57-58H,3-19,21-24,26-31,33-35,37-42,44-46,48-51H2,1-2H3,(H,56,59)/b25-20-,36-32-,47-43+. The van der Waals surface area contributed by atoms with Crippen LogP contribution in [0.2, 0.25) is 0 Å². The van der Waals surface area contributed by atoms with Crippen molar-refractivity contribution in [2.75, 3.05) is 13.2 Å². The SMILES string of the molecule is CCCCCCCCC/C=C\CCCCCCCC(=O)OCCCCCC/C=C\CCCC(=O)NC(CO)C(O)/C=C/CCCCCCCCCCCCCCCCCCC. The van der Waals surface area contributed by atoms with E-state index < -0.39 is 12.1 Å². The minimum absolute atomic E-state index is 0.0455. The van der Waals surface area contributed by atoms with Crippen molar-refractivity contribution in [3.63, 3.8) is 0 Å². The second-order valence-electron chi connectivity index (χ2n) is 18.2. The van der Waals surface area contributed by atoms with Crippen LogP contribution in [-0.2, 0) is 14.3 Å². The van der Waals surface area contributed by atoms with Gasteiger partial charge in [0.05, 0.1) is 25.4 Å². The highest BCUT2D eigenvalue weighted by Gasteiger charge is 2.17. The Morgan fingerprint density at radius 1 is 0.443 bits per heavy atom. The van der Waals surface area contributed by atoms with E-state index in [1.54, 1.807) is 6.08 Å². The van der Waals surface area contributed by atoms with Crippen molar-refractivity contribution < 1.29 is 24.5 Å². The van der Waals surface area contributed by atoms with Gasteiger partial charge in [0.25, 0.3) is 0 Å². The number of allylic oxidation sites excluding steroid dienone is 5. The van der Waals surface area contributed by atoms with Crippen molar-refractivity contribution in [2.24, 2.45) is 0 Å². The van der Waals surface area contributed by atoms with E-state index in [1.807, 2.05) is 6.08 Å². The highest BCUT2D eigenvalue weighted by Crippen LogP contribution is 2.16. The number of hydrogen-bond acceptors (Lipinski definition) is 5. The number of esters is 1. The Hall–Kier alpha value is -1.92. The highest BCUT2D eigenvalue weighted by atomic mass is 16.5. The number of amides is 1. The Morgan fingerprint density at radius 3 is 1.20 bits per heavy atom. The predicted octanol–water partition coefficient (Wildman–Crippen LogP) is 16.1. The van der Waals surface area contributed by atoms with Crippen LogP contribution in [0.4, 0.5) is 0 Å². The van der Waals surface area contributed by atoms with Crippen molar-refractivity contribution in [3.8, 4) is 0 Å². The van der Waals surface area contributed by atoms with Crippen molar-refractivity contribution >= 4 is 11.9 Å². The molecule has 6 nitrogen and oxygen atoms in total. The zero-order valence-corrected chi connectivity index (χ0v) is 40.6. The van der Waals surface area contributed by atoms with Gasteiger partial charge in [-0.1, -0.05) is 224 Å². The molecule has 358 valence electrons. The number of carbonyl (C=O) groups excluding carboxylic acids is 2. The molecule has 0 rings (SSSR count). The maximum atomic E-state index is 12.4. The fourth-order valence-corrected chi connectivity index (χ4v) is 7.98. The lowest BCUT2D eigenvalue weighted by atomic mass is 10.0. The molecular formula is C55H103NO5. The Morgan fingerprint density at radius 2 is 0.787 bits per heavy atom. The van der Waals surface area contributed by atoms with E-state index in [2.05, 4.69) is 43.5 Å². The molecule has 0 aliphatic heterocycles. The second-order valence-corrected chi connectivity index (χ2v) is 18.2. The van der Waals surface area contributed by atoms with Crippen LogP contribution in [0.25, 0.3) is 0 Å². The Labute approximate surface area is 379 Å². The van der Waals surface area contributed by atoms with Crippen LogP contribution < -0.4 is 5.32 Å². The lowest BCUT2D eigenvalue weighted by Crippen LogP contribution is -2.45. The molecule has 0 saturated heterocycles. The van der Waals surface area contributed by atoms with Gasteiger partial charge in [0.15, 0.2) is 0 Å². The summed E-state index contributed by atoms with van der Waals surface area (Å²) in [5.74, 6) is -0.174. The maximum absolute atomic E-state index is 12.4. The molecule has 0 aliphatic carbocycles. The first-order valence-electron chi connectivity index (χ1n) is 26.8. The van der Waals surface area contributed by atoms with E-state index in [0.29, 0.717) is 19.4 Å². The van der Waals surface area contributed by atoms with Gasteiger partial charge in [-0.25, -0.2) is 0 Å². The molecule has 0 spiro atoms. The fraction of sp³-hybridized carbons (Fsp3) is 0.855. The molecule has 2 unspecified atom stereocenters. The van der Waals surface area contributed by atoms with E-state index in [9.17, 15) is 19.8 Å². The third-order valence-electron chi connectivity index (χ3n) is 12.1. The van der Waals surface area contributed by atoms with Crippen LogP contribution in [0, 0.1) is 0 Å². The van der Waals surface area contributed by atoms with Crippen LogP contribution in [-0.4, -0.2) is 47.4 Å². The number of aliphatic hydroxyl groups excluding tert-OH is 2. The van der Waals surface area contributed by atoms with E-state index >= 15 is 0 Å². The van der Waals surface area contributed by atoms with Gasteiger partial charge >= 0.3 is 5.97 Å². The van der Waals surface area contributed by atoms with E-state index in [4.69, 9.17) is 4.74 Å². The first-order chi connectivity index (χ1) is 30.0. The summed E-state index contributed by atoms with van der Waals surface area (Å²) in [5.41, 5.74) is 0. The average Bonchev–Trinajstić information content (AvgIpc) is 3.26. The van der Waals surface area contributed by atoms with Crippen LogP contribution in [0.3, 0.4) is 0 Å². The molecule has 61 heavy (non-hydrogen) atoms. The molecule has 0 heterocycles. The lowest BCUT2D eigenvalue weighted by Gasteiger charge is -2.19. The molecule has 0 aliphatic rings. The Kier molecular flexibility index (Phi) is 49.1. The van der Waals surface area contributed by atoms with Gasteiger partial charge in [-0.2, -0.15) is 0 Å². The molecule has 3 N–H and O–H groups in total. The molecule has 0 aromatic carbocycles. The normalized spacial score (nSPS) is 12.9. The molecule has 6 heteroatoms. The summed E-state index contributed by atoms with van der Waals surface area (Å²) in [6, 6.07) is -0.666. The number of aliphatic hydroxyl groups is 2. The van der Waals surface area contributed by atoms with Crippen LogP contribution in [0.15, 0.2) is 36.5 Å². The minimum Gasteiger partial charge on any atom is -0.466 e. The van der Waals surface area contributed by atoms with Gasteiger partial charge in [0.2, 0.25) is 5.91 Å². The summed E-state index contributed by atoms with van der Waals surface area (Å²) in [6.45, 7) is 4.81. The summed E-state index contributed by atoms with van der Waals surface area (Å²) in [4.78, 5) is 24.5. The summed E-state index contributed by atoms with van der Waals surface area (Å²) in [6.07, 6.45) is 61.6. The molecule has 0 bridgehead atoms. The quantitative estimate of drug-likeness (QED) is 0.0322. The van der Waals surface area contributed by atoms with Gasteiger partial charge in [-0.05, 0) is 77.0 Å². The number of nitrogens with one attached hydrogen (secondary N) is 1. The first kappa shape index (κ1) is 59.1. The van der Waals surface area contributed by atoms with Crippen molar-refractivity contribution in [1.82, 2.24) is 5.32 Å². The van der Waals surface area contributed by atoms with Gasteiger partial charge < -0.3 is 20.3 Å². The zero-order valence-electron chi connectivity index (χ0n) is 40.6. The van der Waals surface area contributed by atoms with E-state index in [1.165, 1.54) is 180 Å². The first-order valence-corrected chi connectivity index (χ1v) is 26.8. The fourth-order valence-electron chi connectivity index (χ4n) is 7.98. The van der Waals surface area contributed by atoms with Crippen molar-refractivity contribution in [3.05, 3.63) is 36.5 Å². The highest BCUT2D eigenvalue weighted by molar-refractivity contribution is 5.76. The lowest BCUT2D eigenvalue weighted by molar-refractivity contribution is -0.143. The maximum Gasteiger partial charge on any atom is 0.305 e. The van der Waals surface area contributed by atoms with Crippen LogP contribution in [0.1, 0.15) is 277 Å². The number of ether oxygens (including phenoxy) is 1. The van der Waals surface area contributed by atoms with Gasteiger partial charge in [-0.3, -0.25) is 9.59 Å². The Balaban J connectivity index is 3.58. The molecule has 2 atom stereocenters. The van der Waals surface area contributed by atoms with Crippen molar-refractivity contribution in [2.45, 2.75) is 289 Å². The minimum atomic E-state index is -0.876. The molecule has 1 amide bonds. The molecule has 0 aromatic rings. The summed E-state index contributed by atoms with van der Waals surface area (Å²) < 4.78 is 5.44. The number of rotatable bonds is 49. The predicted molar refractivity (Wildman–Crippen MR) is 264 cm³/mol. The third-order valence-corrected chi connectivity index (χ3v) is 12.1. The van der Waals surface area contributed by atoms with E-state index in [0.717, 1.165) is 70.6 Å². The van der Waals surface area contributed by atoms with Crippen molar-refractivity contribution in [1.29, 1.82) is 0 Å². The van der Waals surface area contributed by atoms with E-state index in [-0.39, 0.29) is 18.5 Å². The average molecular weight is 858 g/mol. The van der Waals surface area contributed by atoms with Gasteiger partial charge in [0, 0.05) is 12.8 Å². The molecule has 0 aromatic heterocycles. The van der Waals surface area contributed by atoms with Crippen LogP contribution >= 0.6 is 0 Å². The topological polar surface area (TPSA) is 95.9 Å². The smallest absolute Gasteiger partial charge is 0.305 e. The number of unbranched alkanes of at least 4 members (excludes halogenated alkanes) is 34. The molecule has 0 fully saturated rings. The second kappa shape index (κ2) is 50.7. The molecule has 0 saturated carbocycles. The molecule has 0 radical (unpaired) electrons. The monoisotopic (exact) mass is 858 g/mol. The largest absolute Gasteiger partial charge is 0.466 e. The molecular weight excluding hydrogens is 755 g/mol. The summed E-state index contributed by atoms with van der Waals surface area (Å²) >= 11 is 0. The van der Waals surface area contributed by atoms with Gasteiger partial charge in [0.1, 0.15) is 0 Å². The zero-order chi connectivity index (χ0) is 44.4. The Bertz CT molecular complexity index is 993. The summed E-state index contributed by atoms with van der Waals surface area (Å²) in [5, 5.41) is 23.1. The van der Waals surface area contributed by atoms with Crippen LogP contribution in [0.5, 0.6) is 0 Å². The summed E-state index contributed by atoms with van der Waals surface area (Å²) in [7, 11) is 0. The number of hydrogen-bond donors (Lipinski definition) is 3.